The van der Waals surface area contributed by atoms with Crippen molar-refractivity contribution in [2.45, 2.75) is 46.3 Å². The predicted molar refractivity (Wildman–Crippen MR) is 175 cm³/mol. The van der Waals surface area contributed by atoms with Gasteiger partial charge in [0.15, 0.2) is 0 Å². The fourth-order valence-corrected chi connectivity index (χ4v) is 5.11. The van der Waals surface area contributed by atoms with E-state index < -0.39 is 29.2 Å². The molecular weight excluding hydrogens is 621 g/mol. The van der Waals surface area contributed by atoms with Gasteiger partial charge in [-0.2, -0.15) is 4.98 Å². The Morgan fingerprint density at radius 1 is 1.13 bits per heavy atom. The summed E-state index contributed by atoms with van der Waals surface area (Å²) in [5.41, 5.74) is 7.03. The molecule has 0 bridgehead atoms. The molecule has 0 saturated carbocycles. The zero-order valence-electron chi connectivity index (χ0n) is 26.3. The second-order valence-electron chi connectivity index (χ2n) is 11.7. The first-order valence-corrected chi connectivity index (χ1v) is 14.7. The van der Waals surface area contributed by atoms with Crippen LogP contribution >= 0.6 is 23.2 Å². The van der Waals surface area contributed by atoms with Crippen molar-refractivity contribution >= 4 is 58.2 Å². The van der Waals surface area contributed by atoms with Crippen molar-refractivity contribution in [2.24, 2.45) is 23.7 Å². The van der Waals surface area contributed by atoms with Crippen molar-refractivity contribution in [3.8, 4) is 5.88 Å². The van der Waals surface area contributed by atoms with Crippen LogP contribution in [0.25, 0.3) is 0 Å². The third kappa shape index (κ3) is 6.97. The Hall–Kier alpha value is -4.42. The van der Waals surface area contributed by atoms with Crippen molar-refractivity contribution in [3.63, 3.8) is 0 Å². The number of nitrogens with two attached hydrogens (primary N) is 1. The molecule has 1 atom stereocenters. The normalized spacial score (nSPS) is 15.6. The van der Waals surface area contributed by atoms with E-state index in [-0.39, 0.29) is 39.8 Å². The molecule has 1 aromatic carbocycles. The number of pyridine rings is 1. The highest BCUT2D eigenvalue weighted by Crippen LogP contribution is 2.42. The van der Waals surface area contributed by atoms with Crippen molar-refractivity contribution in [1.29, 1.82) is 0 Å². The minimum atomic E-state index is -0.855. The lowest BCUT2D eigenvalue weighted by atomic mass is 9.90. The second-order valence-corrected chi connectivity index (χ2v) is 12.5. The van der Waals surface area contributed by atoms with Crippen LogP contribution in [0.5, 0.6) is 5.88 Å². The van der Waals surface area contributed by atoms with Gasteiger partial charge in [-0.3, -0.25) is 14.5 Å². The number of carbonyl (C=O) groups excluding carboxylic acids is 2. The van der Waals surface area contributed by atoms with Crippen LogP contribution in [0, 0.1) is 5.92 Å². The average Bonchev–Trinajstić information content (AvgIpc) is 3.22. The van der Waals surface area contributed by atoms with Crippen molar-refractivity contribution in [3.05, 3.63) is 80.0 Å². The fraction of sp³-hybridized carbons (Fsp3) is 0.355. The summed E-state index contributed by atoms with van der Waals surface area (Å²) in [4.78, 5) is 55.9. The van der Waals surface area contributed by atoms with Crippen LogP contribution in [0.2, 0.25) is 10.0 Å². The summed E-state index contributed by atoms with van der Waals surface area (Å²) in [6.07, 6.45) is 2.21. The number of nitrogens with zero attached hydrogens (tertiary/aromatic N) is 6. The fourth-order valence-electron chi connectivity index (χ4n) is 4.73. The van der Waals surface area contributed by atoms with Crippen LogP contribution in [-0.2, 0) is 16.6 Å². The summed E-state index contributed by atoms with van der Waals surface area (Å²) < 4.78 is 12.2. The largest absolute Gasteiger partial charge is 0.479 e. The molecule has 238 valence electrons. The highest BCUT2D eigenvalue weighted by molar-refractivity contribution is 6.31. The Kier molecular flexibility index (Phi) is 9.59. The number of halogens is 2. The van der Waals surface area contributed by atoms with Crippen LogP contribution in [0.4, 0.5) is 22.1 Å². The number of benzene rings is 1. The number of hydrogen-bond donors (Lipinski definition) is 1. The number of ether oxygens (including phenoxy) is 2. The first-order chi connectivity index (χ1) is 21.0. The SMILES string of the molecule is COc1nc(N(C)C(=O)OC(C)(C)C)ncc1N=C(C1=C(N)C(=O)N(c2cc(Cl)cn(C)c2=O)C1c1ccc(Cl)cc1)C(C)C. The molecule has 0 spiro atoms. The quantitative estimate of drug-likeness (QED) is 0.324. The molecule has 4 rings (SSSR count). The number of carbonyl (C=O) groups is 2. The molecule has 3 heterocycles. The van der Waals surface area contributed by atoms with E-state index in [1.807, 2.05) is 13.8 Å². The number of aliphatic imine (C=N–C) groups is 1. The van der Waals surface area contributed by atoms with Crippen molar-refractivity contribution in [2.75, 3.05) is 24.0 Å². The number of amides is 2. The third-order valence-electron chi connectivity index (χ3n) is 6.79. The lowest BCUT2D eigenvalue weighted by molar-refractivity contribution is -0.114. The minimum absolute atomic E-state index is 0.0305. The molecule has 2 aromatic heterocycles. The number of methoxy groups -OCH3 is 1. The molecule has 2 N–H and O–H groups in total. The zero-order chi connectivity index (χ0) is 33.4. The van der Waals surface area contributed by atoms with E-state index in [4.69, 9.17) is 43.4 Å². The maximum atomic E-state index is 13.9. The molecule has 3 aromatic rings. The Morgan fingerprint density at radius 2 is 1.78 bits per heavy atom. The van der Waals surface area contributed by atoms with Crippen molar-refractivity contribution < 1.29 is 19.1 Å². The summed E-state index contributed by atoms with van der Waals surface area (Å²) in [7, 11) is 4.43. The van der Waals surface area contributed by atoms with Gasteiger partial charge in [0.05, 0.1) is 30.1 Å². The Labute approximate surface area is 271 Å². The molecule has 45 heavy (non-hydrogen) atoms. The minimum Gasteiger partial charge on any atom is -0.479 e. The second kappa shape index (κ2) is 12.9. The first-order valence-electron chi connectivity index (χ1n) is 14.0. The lowest BCUT2D eigenvalue weighted by Gasteiger charge is -2.28. The third-order valence-corrected chi connectivity index (χ3v) is 7.25. The molecule has 0 radical (unpaired) electrons. The van der Waals surface area contributed by atoms with E-state index >= 15 is 0 Å². The van der Waals surface area contributed by atoms with E-state index in [2.05, 4.69) is 9.97 Å². The van der Waals surface area contributed by atoms with Gasteiger partial charge >= 0.3 is 6.09 Å². The van der Waals surface area contributed by atoms with Gasteiger partial charge in [0.2, 0.25) is 11.8 Å². The first kappa shape index (κ1) is 33.5. The topological polar surface area (TPSA) is 145 Å². The Balaban J connectivity index is 1.89. The molecule has 0 saturated heterocycles. The van der Waals surface area contributed by atoms with E-state index in [1.165, 1.54) is 42.1 Å². The van der Waals surface area contributed by atoms with Crippen LogP contribution in [0.3, 0.4) is 0 Å². The summed E-state index contributed by atoms with van der Waals surface area (Å²) in [5.74, 6) is -0.768. The van der Waals surface area contributed by atoms with Crippen molar-refractivity contribution in [1.82, 2.24) is 14.5 Å². The number of anilines is 2. The van der Waals surface area contributed by atoms with Crippen LogP contribution in [0.15, 0.2) is 63.8 Å². The van der Waals surface area contributed by atoms with Gasteiger partial charge in [-0.1, -0.05) is 49.2 Å². The molecule has 0 fully saturated rings. The molecule has 12 nitrogen and oxygen atoms in total. The maximum Gasteiger partial charge on any atom is 0.416 e. The summed E-state index contributed by atoms with van der Waals surface area (Å²) in [6, 6.07) is 7.46. The predicted octanol–water partition coefficient (Wildman–Crippen LogP) is 5.59. The summed E-state index contributed by atoms with van der Waals surface area (Å²) >= 11 is 12.5. The molecule has 1 unspecified atom stereocenters. The van der Waals surface area contributed by atoms with Crippen LogP contribution in [0.1, 0.15) is 46.2 Å². The molecule has 2 amide bonds. The summed E-state index contributed by atoms with van der Waals surface area (Å²) in [5, 5.41) is 0.751. The van der Waals surface area contributed by atoms with E-state index in [1.54, 1.807) is 52.1 Å². The van der Waals surface area contributed by atoms with E-state index in [0.29, 0.717) is 21.9 Å². The lowest BCUT2D eigenvalue weighted by Crippen LogP contribution is -2.37. The monoisotopic (exact) mass is 655 g/mol. The number of rotatable bonds is 7. The number of aryl methyl sites for hydroxylation is 1. The molecule has 1 aliphatic heterocycles. The van der Waals surface area contributed by atoms with Gasteiger partial charge < -0.3 is 19.8 Å². The van der Waals surface area contributed by atoms with Gasteiger partial charge in [-0.15, -0.1) is 0 Å². The van der Waals surface area contributed by atoms with Gasteiger partial charge in [0.25, 0.3) is 11.5 Å². The van der Waals surface area contributed by atoms with Gasteiger partial charge in [0, 0.05) is 30.9 Å². The zero-order valence-corrected chi connectivity index (χ0v) is 27.8. The highest BCUT2D eigenvalue weighted by Gasteiger charge is 2.44. The number of hydrogen-bond acceptors (Lipinski definition) is 9. The Bertz CT molecular complexity index is 1760. The average molecular weight is 657 g/mol. The number of aromatic nitrogens is 3. The van der Waals surface area contributed by atoms with Crippen LogP contribution < -0.4 is 25.8 Å². The van der Waals surface area contributed by atoms with Crippen LogP contribution in [-0.4, -0.2) is 52.0 Å². The molecule has 1 aliphatic rings. The smallest absolute Gasteiger partial charge is 0.416 e. The summed E-state index contributed by atoms with van der Waals surface area (Å²) in [6.45, 7) is 9.04. The molecular formula is C31H35Cl2N7O5. The van der Waals surface area contributed by atoms with Gasteiger partial charge in [-0.05, 0) is 50.5 Å². The standard InChI is InChI=1S/C31H35Cl2N7O5/c1-16(2)24(36-20-14-35-29(37-26(20)44-8)39(7)30(43)45-31(3,4)5)22-23(34)28(42)40(21-13-19(33)15-38(6)27(21)41)25(22)17-9-11-18(32)12-10-17/h9-16,25H,34H2,1-8H3. The molecule has 0 aliphatic carbocycles. The molecule has 14 heteroatoms. The Morgan fingerprint density at radius 3 is 2.36 bits per heavy atom. The van der Waals surface area contributed by atoms with Gasteiger partial charge in [-0.25, -0.2) is 19.7 Å². The van der Waals surface area contributed by atoms with E-state index in [9.17, 15) is 14.4 Å². The van der Waals surface area contributed by atoms with Gasteiger partial charge in [0.1, 0.15) is 22.7 Å². The van der Waals surface area contributed by atoms with E-state index in [0.717, 1.165) is 4.90 Å². The highest BCUT2D eigenvalue weighted by atomic mass is 35.5. The maximum absolute atomic E-state index is 13.9.